The summed E-state index contributed by atoms with van der Waals surface area (Å²) in [4.78, 5) is 25.0. The summed E-state index contributed by atoms with van der Waals surface area (Å²) in [7, 11) is 0. The fourth-order valence-electron chi connectivity index (χ4n) is 3.56. The van der Waals surface area contributed by atoms with E-state index in [-0.39, 0.29) is 11.5 Å². The van der Waals surface area contributed by atoms with Crippen LogP contribution in [-0.2, 0) is 6.42 Å². The first kappa shape index (κ1) is 22.1. The van der Waals surface area contributed by atoms with Crippen LogP contribution < -0.4 is 15.6 Å². The van der Waals surface area contributed by atoms with Gasteiger partial charge >= 0.3 is 0 Å². The molecule has 0 saturated heterocycles. The molecule has 4 rings (SSSR count). The smallest absolute Gasteiger partial charge is 0.273 e. The van der Waals surface area contributed by atoms with Gasteiger partial charge in [-0.3, -0.25) is 14.7 Å². The Morgan fingerprint density at radius 3 is 2.45 bits per heavy atom. The molecular weight excluding hydrogens is 414 g/mol. The second-order valence-electron chi connectivity index (χ2n) is 7.86. The summed E-state index contributed by atoms with van der Waals surface area (Å²) in [6, 6.07) is 25.5. The highest BCUT2D eigenvalue weighted by molar-refractivity contribution is 6.04. The Hall–Kier alpha value is -4.06. The molecule has 0 aliphatic heterocycles. The summed E-state index contributed by atoms with van der Waals surface area (Å²) >= 11 is 0. The van der Waals surface area contributed by atoms with Crippen LogP contribution in [0.25, 0.3) is 5.69 Å². The molecule has 0 atom stereocenters. The van der Waals surface area contributed by atoms with Crippen LogP contribution in [0.1, 0.15) is 42.1 Å². The molecule has 6 heteroatoms. The Kier molecular flexibility index (Phi) is 7.05. The number of carbonyl (C=O) groups excluding carboxylic acids is 1. The molecule has 2 N–H and O–H groups in total. The molecule has 0 fully saturated rings. The molecule has 3 aromatic carbocycles. The average molecular weight is 442 g/mol. The van der Waals surface area contributed by atoms with Crippen LogP contribution >= 0.6 is 0 Å². The van der Waals surface area contributed by atoms with Crippen molar-refractivity contribution in [2.45, 2.75) is 32.6 Å². The zero-order valence-electron chi connectivity index (χ0n) is 18.6. The van der Waals surface area contributed by atoms with Gasteiger partial charge in [0.25, 0.3) is 11.5 Å². The van der Waals surface area contributed by atoms with Gasteiger partial charge in [-0.15, -0.1) is 0 Å². The number of hydrogen-bond donors (Lipinski definition) is 2. The third-order valence-electron chi connectivity index (χ3n) is 5.31. The monoisotopic (exact) mass is 441 g/mol. The van der Waals surface area contributed by atoms with E-state index in [0.717, 1.165) is 12.2 Å². The Morgan fingerprint density at radius 1 is 0.909 bits per heavy atom. The molecule has 168 valence electrons. The minimum Gasteiger partial charge on any atom is -0.457 e. The number of hydrogen-bond acceptors (Lipinski definition) is 3. The van der Waals surface area contributed by atoms with Crippen molar-refractivity contribution in [3.05, 3.63) is 106 Å². The molecule has 1 amide bonds. The Balaban J connectivity index is 1.41. The van der Waals surface area contributed by atoms with Gasteiger partial charge < -0.3 is 10.1 Å². The van der Waals surface area contributed by atoms with E-state index in [2.05, 4.69) is 29.5 Å². The third-order valence-corrected chi connectivity index (χ3v) is 5.31. The van der Waals surface area contributed by atoms with Gasteiger partial charge in [0, 0.05) is 11.6 Å². The van der Waals surface area contributed by atoms with Crippen molar-refractivity contribution < 1.29 is 9.53 Å². The summed E-state index contributed by atoms with van der Waals surface area (Å²) in [6.07, 6.45) is 4.70. The SMILES string of the molecule is CCCCCc1ccc(Oc2cccc(C(=O)Nc3cc(=O)n(-c4ccccc4)[nH]3)c2)cc1. The van der Waals surface area contributed by atoms with Gasteiger partial charge in [0.05, 0.1) is 5.69 Å². The lowest BCUT2D eigenvalue weighted by Crippen LogP contribution is -2.13. The fraction of sp³-hybridized carbons (Fsp3) is 0.185. The molecule has 4 aromatic rings. The van der Waals surface area contributed by atoms with Gasteiger partial charge in [-0.25, -0.2) is 4.68 Å². The minimum atomic E-state index is -0.340. The Bertz CT molecular complexity index is 1260. The maximum atomic E-state index is 12.7. The molecule has 1 aromatic heterocycles. The molecule has 33 heavy (non-hydrogen) atoms. The molecule has 0 unspecified atom stereocenters. The van der Waals surface area contributed by atoms with Gasteiger partial charge in [-0.1, -0.05) is 56.2 Å². The summed E-state index contributed by atoms with van der Waals surface area (Å²) in [5.74, 6) is 1.26. The fourth-order valence-corrected chi connectivity index (χ4v) is 3.56. The molecule has 0 aliphatic carbocycles. The number of nitrogens with one attached hydrogen (secondary N) is 2. The zero-order chi connectivity index (χ0) is 23.0. The highest BCUT2D eigenvalue weighted by Crippen LogP contribution is 2.23. The second kappa shape index (κ2) is 10.5. The van der Waals surface area contributed by atoms with Crippen molar-refractivity contribution in [1.82, 2.24) is 9.78 Å². The van der Waals surface area contributed by atoms with Crippen molar-refractivity contribution in [2.75, 3.05) is 5.32 Å². The highest BCUT2D eigenvalue weighted by Gasteiger charge is 2.11. The maximum absolute atomic E-state index is 12.7. The van der Waals surface area contributed by atoms with E-state index in [1.165, 1.54) is 35.6 Å². The predicted octanol–water partition coefficient (Wildman–Crippen LogP) is 5.94. The van der Waals surface area contributed by atoms with E-state index in [1.807, 2.05) is 42.5 Å². The summed E-state index contributed by atoms with van der Waals surface area (Å²) in [6.45, 7) is 2.20. The average Bonchev–Trinajstić information content (AvgIpc) is 3.21. The number of carbonyl (C=O) groups is 1. The minimum absolute atomic E-state index is 0.258. The maximum Gasteiger partial charge on any atom is 0.273 e. The largest absolute Gasteiger partial charge is 0.457 e. The molecule has 0 saturated carbocycles. The number of ether oxygens (including phenoxy) is 1. The topological polar surface area (TPSA) is 76.1 Å². The van der Waals surface area contributed by atoms with Crippen LogP contribution in [0.2, 0.25) is 0 Å². The number of aromatic nitrogens is 2. The van der Waals surface area contributed by atoms with Crippen molar-refractivity contribution in [3.8, 4) is 17.2 Å². The number of nitrogens with zero attached hydrogens (tertiary/aromatic N) is 1. The Labute approximate surface area is 192 Å². The molecule has 1 heterocycles. The first-order valence-corrected chi connectivity index (χ1v) is 11.2. The van der Waals surface area contributed by atoms with Gasteiger partial charge in [0.1, 0.15) is 17.3 Å². The van der Waals surface area contributed by atoms with Crippen molar-refractivity contribution in [1.29, 1.82) is 0 Å². The van der Waals surface area contributed by atoms with E-state index >= 15 is 0 Å². The van der Waals surface area contributed by atoms with Crippen LogP contribution in [-0.4, -0.2) is 15.7 Å². The van der Waals surface area contributed by atoms with Crippen LogP contribution in [0.15, 0.2) is 89.7 Å². The summed E-state index contributed by atoms with van der Waals surface area (Å²) in [5.41, 5.74) is 2.15. The number of amides is 1. The van der Waals surface area contributed by atoms with Gasteiger partial charge in [0.15, 0.2) is 0 Å². The highest BCUT2D eigenvalue weighted by atomic mass is 16.5. The lowest BCUT2D eigenvalue weighted by atomic mass is 10.1. The number of para-hydroxylation sites is 1. The number of benzene rings is 3. The van der Waals surface area contributed by atoms with Crippen molar-refractivity contribution in [3.63, 3.8) is 0 Å². The van der Waals surface area contributed by atoms with Crippen molar-refractivity contribution >= 4 is 11.7 Å². The van der Waals surface area contributed by atoms with Crippen LogP contribution in [0, 0.1) is 0 Å². The first-order chi connectivity index (χ1) is 16.1. The van der Waals surface area contributed by atoms with E-state index in [9.17, 15) is 9.59 Å². The van der Waals surface area contributed by atoms with E-state index in [4.69, 9.17) is 4.74 Å². The lowest BCUT2D eigenvalue weighted by Gasteiger charge is -2.09. The number of anilines is 1. The molecule has 0 spiro atoms. The van der Waals surface area contributed by atoms with Crippen LogP contribution in [0.5, 0.6) is 11.5 Å². The Morgan fingerprint density at radius 2 is 1.70 bits per heavy atom. The standard InChI is InChI=1S/C27H27N3O3/c1-2-3-5-9-20-14-16-23(17-15-20)33-24-13-8-10-21(18-24)27(32)28-25-19-26(31)30(29-25)22-11-6-4-7-12-22/h4,6-8,10-19,29H,2-3,5,9H2,1H3,(H,28,32). The van der Waals surface area contributed by atoms with E-state index < -0.39 is 0 Å². The van der Waals surface area contributed by atoms with Gasteiger partial charge in [0.2, 0.25) is 0 Å². The molecule has 6 nitrogen and oxygen atoms in total. The zero-order valence-corrected chi connectivity index (χ0v) is 18.6. The summed E-state index contributed by atoms with van der Waals surface area (Å²) < 4.78 is 7.32. The van der Waals surface area contributed by atoms with Crippen LogP contribution in [0.4, 0.5) is 5.82 Å². The van der Waals surface area contributed by atoms with E-state index in [1.54, 1.807) is 24.3 Å². The first-order valence-electron chi connectivity index (χ1n) is 11.2. The number of H-pyrrole nitrogens is 1. The lowest BCUT2D eigenvalue weighted by molar-refractivity contribution is 0.102. The van der Waals surface area contributed by atoms with Gasteiger partial charge in [-0.2, -0.15) is 0 Å². The second-order valence-corrected chi connectivity index (χ2v) is 7.86. The molecule has 0 bridgehead atoms. The quantitative estimate of drug-likeness (QED) is 0.316. The normalized spacial score (nSPS) is 10.7. The number of aromatic amines is 1. The third kappa shape index (κ3) is 5.80. The van der Waals surface area contributed by atoms with Crippen molar-refractivity contribution in [2.24, 2.45) is 0 Å². The number of unbranched alkanes of at least 4 members (excludes halogenated alkanes) is 2. The molecule has 0 radical (unpaired) electrons. The summed E-state index contributed by atoms with van der Waals surface area (Å²) in [5, 5.41) is 5.66. The number of rotatable bonds is 9. The molecule has 0 aliphatic rings. The predicted molar refractivity (Wildman–Crippen MR) is 131 cm³/mol. The molecular formula is C27H27N3O3. The van der Waals surface area contributed by atoms with E-state index in [0.29, 0.717) is 22.8 Å². The van der Waals surface area contributed by atoms with Gasteiger partial charge in [-0.05, 0) is 60.9 Å². The number of aryl methyl sites for hydroxylation is 1. The van der Waals surface area contributed by atoms with Crippen LogP contribution in [0.3, 0.4) is 0 Å².